The van der Waals surface area contributed by atoms with Gasteiger partial charge in [-0.3, -0.25) is 9.89 Å². The van der Waals surface area contributed by atoms with Gasteiger partial charge in [-0.05, 0) is 54.4 Å². The Labute approximate surface area is 170 Å². The third kappa shape index (κ3) is 2.44. The van der Waals surface area contributed by atoms with Crippen molar-refractivity contribution in [1.29, 1.82) is 0 Å². The van der Waals surface area contributed by atoms with Gasteiger partial charge < -0.3 is 4.90 Å². The van der Waals surface area contributed by atoms with Gasteiger partial charge in [-0.15, -0.1) is 0 Å². The first kappa shape index (κ1) is 17.0. The van der Waals surface area contributed by atoms with E-state index in [1.165, 1.54) is 16.8 Å². The van der Waals surface area contributed by atoms with E-state index in [-0.39, 0.29) is 16.9 Å². The molecule has 2 aromatic carbocycles. The Morgan fingerprint density at radius 1 is 1.03 bits per heavy atom. The highest BCUT2D eigenvalue weighted by molar-refractivity contribution is 5.99. The first-order valence-corrected chi connectivity index (χ1v) is 10.5. The third-order valence-corrected chi connectivity index (χ3v) is 7.00. The lowest BCUT2D eigenvalue weighted by Gasteiger charge is -2.28. The number of hydrogen-bond acceptors (Lipinski definition) is 2. The largest absolute Gasteiger partial charge is 0.325 e. The van der Waals surface area contributed by atoms with Gasteiger partial charge in [0.2, 0.25) is 0 Å². The number of carbonyl (C=O) groups is 1. The fraction of sp³-hybridized carbons (Fsp3) is 0.360. The summed E-state index contributed by atoms with van der Waals surface area (Å²) in [4.78, 5) is 15.3. The molecule has 2 aliphatic carbocycles. The van der Waals surface area contributed by atoms with E-state index in [4.69, 9.17) is 0 Å². The van der Waals surface area contributed by atoms with Gasteiger partial charge in [0.1, 0.15) is 0 Å². The lowest BCUT2D eigenvalue weighted by atomic mass is 9.90. The van der Waals surface area contributed by atoms with Crippen LogP contribution in [0.5, 0.6) is 0 Å². The van der Waals surface area contributed by atoms with Crippen molar-refractivity contribution in [3.63, 3.8) is 0 Å². The molecule has 0 saturated heterocycles. The Hall–Kier alpha value is -2.88. The van der Waals surface area contributed by atoms with E-state index in [0.717, 1.165) is 48.1 Å². The van der Waals surface area contributed by atoms with Crippen molar-refractivity contribution < 1.29 is 4.79 Å². The number of nitrogens with one attached hydrogen (secondary N) is 1. The van der Waals surface area contributed by atoms with Gasteiger partial charge in [0.15, 0.2) is 0 Å². The molecule has 4 heteroatoms. The van der Waals surface area contributed by atoms with Crippen LogP contribution in [0.15, 0.2) is 48.5 Å². The highest BCUT2D eigenvalue weighted by atomic mass is 16.2. The highest BCUT2D eigenvalue weighted by Gasteiger charge is 2.53. The predicted molar refractivity (Wildman–Crippen MR) is 112 cm³/mol. The summed E-state index contributed by atoms with van der Waals surface area (Å²) in [6.45, 7) is 5.31. The number of aromatic nitrogens is 2. The first-order valence-electron chi connectivity index (χ1n) is 10.5. The molecular weight excluding hydrogens is 358 g/mol. The van der Waals surface area contributed by atoms with Crippen LogP contribution in [0.4, 0.5) is 0 Å². The van der Waals surface area contributed by atoms with Gasteiger partial charge in [-0.1, -0.05) is 50.2 Å². The van der Waals surface area contributed by atoms with Crippen LogP contribution in [0.2, 0.25) is 0 Å². The summed E-state index contributed by atoms with van der Waals surface area (Å²) in [6.07, 6.45) is 4.19. The van der Waals surface area contributed by atoms with Gasteiger partial charge in [-0.2, -0.15) is 5.10 Å². The Kier molecular flexibility index (Phi) is 3.28. The molecule has 3 aromatic rings. The molecule has 4 nitrogen and oxygen atoms in total. The average Bonchev–Trinajstić information content (AvgIpc) is 3.22. The van der Waals surface area contributed by atoms with Crippen LogP contribution in [0.25, 0.3) is 11.3 Å². The SMILES string of the molecule is CC1(C)Cc2[nH]nc(-c3ccc4c(c3)CN(C3(c5ccccc5)CC3)C4=O)c2C1. The summed E-state index contributed by atoms with van der Waals surface area (Å²) in [5.74, 6) is 0.168. The molecule has 29 heavy (non-hydrogen) atoms. The molecule has 1 saturated carbocycles. The number of nitrogens with zero attached hydrogens (tertiary/aromatic N) is 2. The van der Waals surface area contributed by atoms with Crippen molar-refractivity contribution in [2.45, 2.75) is 51.6 Å². The fourth-order valence-corrected chi connectivity index (χ4v) is 5.39. The maximum absolute atomic E-state index is 13.2. The predicted octanol–water partition coefficient (Wildman–Crippen LogP) is 4.85. The van der Waals surface area contributed by atoms with E-state index in [9.17, 15) is 4.79 Å². The van der Waals surface area contributed by atoms with Gasteiger partial charge in [0.25, 0.3) is 5.91 Å². The molecule has 1 amide bonds. The van der Waals surface area contributed by atoms with Crippen molar-refractivity contribution in [2.75, 3.05) is 0 Å². The molecule has 0 spiro atoms. The summed E-state index contributed by atoms with van der Waals surface area (Å²) in [6, 6.07) is 16.8. The average molecular weight is 383 g/mol. The molecule has 3 aliphatic rings. The molecule has 0 unspecified atom stereocenters. The number of amides is 1. The van der Waals surface area contributed by atoms with Crippen molar-refractivity contribution in [1.82, 2.24) is 15.1 Å². The summed E-state index contributed by atoms with van der Waals surface area (Å²) in [5.41, 5.74) is 8.21. The summed E-state index contributed by atoms with van der Waals surface area (Å²) < 4.78 is 0. The Balaban J connectivity index is 1.35. The number of H-pyrrole nitrogens is 1. The molecule has 146 valence electrons. The van der Waals surface area contributed by atoms with Crippen LogP contribution in [-0.2, 0) is 24.9 Å². The topological polar surface area (TPSA) is 49.0 Å². The van der Waals surface area contributed by atoms with E-state index in [2.05, 4.69) is 65.3 Å². The molecule has 1 fully saturated rings. The van der Waals surface area contributed by atoms with E-state index in [1.807, 2.05) is 12.1 Å². The van der Waals surface area contributed by atoms with Crippen LogP contribution in [0, 0.1) is 5.41 Å². The molecule has 1 aromatic heterocycles. The number of carbonyl (C=O) groups excluding carboxylic acids is 1. The van der Waals surface area contributed by atoms with E-state index in [0.29, 0.717) is 6.54 Å². The molecule has 6 rings (SSSR count). The number of hydrogen-bond donors (Lipinski definition) is 1. The third-order valence-electron chi connectivity index (χ3n) is 7.00. The summed E-state index contributed by atoms with van der Waals surface area (Å²) in [5, 5.41) is 7.88. The van der Waals surface area contributed by atoms with Gasteiger partial charge in [0.05, 0.1) is 11.2 Å². The standard InChI is InChI=1S/C25H25N3O/c1-24(2)13-20-21(14-24)26-27-22(20)16-8-9-19-17(12-16)15-28(23(19)29)25(10-11-25)18-6-4-3-5-7-18/h3-9,12H,10-11,13-15H2,1-2H3,(H,26,27). The molecule has 1 aliphatic heterocycles. The first-order chi connectivity index (χ1) is 14.0. The zero-order valence-corrected chi connectivity index (χ0v) is 17.0. The van der Waals surface area contributed by atoms with Crippen molar-refractivity contribution in [3.8, 4) is 11.3 Å². The zero-order valence-electron chi connectivity index (χ0n) is 17.0. The van der Waals surface area contributed by atoms with Crippen LogP contribution in [0.1, 0.15) is 59.4 Å². The summed E-state index contributed by atoms with van der Waals surface area (Å²) >= 11 is 0. The second kappa shape index (κ2) is 5.59. The van der Waals surface area contributed by atoms with Crippen LogP contribution in [-0.4, -0.2) is 21.0 Å². The van der Waals surface area contributed by atoms with E-state index < -0.39 is 0 Å². The van der Waals surface area contributed by atoms with E-state index >= 15 is 0 Å². The van der Waals surface area contributed by atoms with Gasteiger partial charge in [-0.25, -0.2) is 0 Å². The Morgan fingerprint density at radius 2 is 1.83 bits per heavy atom. The molecule has 0 bridgehead atoms. The van der Waals surface area contributed by atoms with Crippen molar-refractivity contribution in [3.05, 3.63) is 76.5 Å². The smallest absolute Gasteiger partial charge is 0.255 e. The lowest BCUT2D eigenvalue weighted by molar-refractivity contribution is 0.0670. The van der Waals surface area contributed by atoms with Crippen molar-refractivity contribution >= 4 is 5.91 Å². The molecule has 0 radical (unpaired) electrons. The lowest BCUT2D eigenvalue weighted by Crippen LogP contribution is -2.35. The fourth-order valence-electron chi connectivity index (χ4n) is 5.39. The minimum Gasteiger partial charge on any atom is -0.325 e. The second-order valence-corrected chi connectivity index (χ2v) is 9.71. The Bertz CT molecular complexity index is 1140. The number of benzene rings is 2. The number of rotatable bonds is 3. The number of aromatic amines is 1. The van der Waals surface area contributed by atoms with E-state index in [1.54, 1.807) is 0 Å². The quantitative estimate of drug-likeness (QED) is 0.703. The maximum atomic E-state index is 13.2. The molecule has 1 N–H and O–H groups in total. The highest BCUT2D eigenvalue weighted by Crippen LogP contribution is 2.53. The second-order valence-electron chi connectivity index (χ2n) is 9.71. The van der Waals surface area contributed by atoms with Gasteiger partial charge >= 0.3 is 0 Å². The Morgan fingerprint density at radius 3 is 2.59 bits per heavy atom. The monoisotopic (exact) mass is 383 g/mol. The van der Waals surface area contributed by atoms with Crippen LogP contribution >= 0.6 is 0 Å². The molecular formula is C25H25N3O. The maximum Gasteiger partial charge on any atom is 0.255 e. The molecule has 2 heterocycles. The van der Waals surface area contributed by atoms with Gasteiger partial charge in [0, 0.05) is 28.9 Å². The minimum absolute atomic E-state index is 0.116. The number of fused-ring (bicyclic) bond motifs is 2. The zero-order chi connectivity index (χ0) is 19.8. The van der Waals surface area contributed by atoms with Crippen LogP contribution < -0.4 is 0 Å². The minimum atomic E-state index is -0.116. The normalized spacial score (nSPS) is 20.6. The molecule has 0 atom stereocenters. The van der Waals surface area contributed by atoms with Crippen molar-refractivity contribution in [2.24, 2.45) is 5.41 Å². The summed E-state index contributed by atoms with van der Waals surface area (Å²) in [7, 11) is 0. The van der Waals surface area contributed by atoms with Crippen LogP contribution in [0.3, 0.4) is 0 Å².